The summed E-state index contributed by atoms with van der Waals surface area (Å²) >= 11 is 1.35. The molecule has 1 atom stereocenters. The van der Waals surface area contributed by atoms with Crippen molar-refractivity contribution in [2.24, 2.45) is 4.99 Å². The van der Waals surface area contributed by atoms with Crippen molar-refractivity contribution in [1.29, 1.82) is 0 Å². The van der Waals surface area contributed by atoms with E-state index in [0.717, 1.165) is 0 Å². The molecule has 0 spiro atoms. The Morgan fingerprint density at radius 3 is 2.44 bits per heavy atom. The van der Waals surface area contributed by atoms with E-state index in [-0.39, 0.29) is 5.75 Å². The molecular weight excluding hydrogens is 374 g/mol. The molecule has 1 aliphatic rings. The van der Waals surface area contributed by atoms with Crippen LogP contribution in [0.4, 0.5) is 0 Å². The molecule has 2 rings (SSSR count). The van der Waals surface area contributed by atoms with Crippen molar-refractivity contribution in [3.05, 3.63) is 23.8 Å². The van der Waals surface area contributed by atoms with Crippen LogP contribution in [-0.4, -0.2) is 79.3 Å². The van der Waals surface area contributed by atoms with E-state index in [1.165, 1.54) is 17.8 Å². The minimum Gasteiger partial charge on any atom is -0.508 e. The maximum Gasteiger partial charge on any atom is 0.332 e. The molecule has 0 aromatic heterocycles. The largest absolute Gasteiger partial charge is 0.508 e. The van der Waals surface area contributed by atoms with E-state index < -0.39 is 11.5 Å². The number of aliphatic imine (C=N–C) groups is 1. The smallest absolute Gasteiger partial charge is 0.332 e. The first kappa shape index (κ1) is 21.5. The van der Waals surface area contributed by atoms with Gasteiger partial charge < -0.3 is 29.2 Å². The van der Waals surface area contributed by atoms with Gasteiger partial charge in [-0.05, 0) is 19.1 Å². The number of carbonyl (C=O) groups is 1. The maximum atomic E-state index is 11.3. The number of hydrogen-bond acceptors (Lipinski definition) is 8. The minimum atomic E-state index is -1.15. The number of phenolic OH excluding ortho intramolecular Hbond substituents is 1. The summed E-state index contributed by atoms with van der Waals surface area (Å²) in [5.74, 6) is -0.117. The predicted molar refractivity (Wildman–Crippen MR) is 102 cm³/mol. The van der Waals surface area contributed by atoms with Gasteiger partial charge in [0.1, 0.15) is 18.1 Å². The number of benzene rings is 1. The fraction of sp³-hybridized carbons (Fsp3) is 0.556. The van der Waals surface area contributed by atoms with Gasteiger partial charge in [-0.3, -0.25) is 4.99 Å². The number of carboxylic acid groups (broad SMARTS) is 1. The fourth-order valence-electron chi connectivity index (χ4n) is 2.23. The third-order valence-electron chi connectivity index (χ3n) is 3.74. The van der Waals surface area contributed by atoms with Crippen LogP contribution in [0.25, 0.3) is 0 Å². The molecule has 0 amide bonds. The monoisotopic (exact) mass is 399 g/mol. The van der Waals surface area contributed by atoms with Crippen molar-refractivity contribution >= 4 is 22.8 Å². The van der Waals surface area contributed by atoms with Crippen LogP contribution in [0.15, 0.2) is 23.2 Å². The number of aromatic hydroxyl groups is 1. The quantitative estimate of drug-likeness (QED) is 0.512. The van der Waals surface area contributed by atoms with Crippen molar-refractivity contribution in [1.82, 2.24) is 0 Å². The van der Waals surface area contributed by atoms with Gasteiger partial charge >= 0.3 is 5.97 Å². The van der Waals surface area contributed by atoms with Gasteiger partial charge in [0, 0.05) is 24.5 Å². The second-order valence-corrected chi connectivity index (χ2v) is 7.03. The molecule has 2 N–H and O–H groups in total. The Bertz CT molecular complexity index is 667. The lowest BCUT2D eigenvalue weighted by atomic mass is 10.1. The van der Waals surface area contributed by atoms with Crippen LogP contribution < -0.4 is 4.74 Å². The SMILES string of the molecule is COCCOCCOCCOc1cc(O)cc(C2=NC(C)(C(=O)O)CS2)c1. The molecule has 1 heterocycles. The molecule has 8 nitrogen and oxygen atoms in total. The van der Waals surface area contributed by atoms with Gasteiger partial charge in [0.05, 0.1) is 38.1 Å². The van der Waals surface area contributed by atoms with E-state index in [0.29, 0.717) is 61.8 Å². The van der Waals surface area contributed by atoms with Crippen LogP contribution in [0.1, 0.15) is 12.5 Å². The summed E-state index contributed by atoms with van der Waals surface area (Å²) in [7, 11) is 1.62. The van der Waals surface area contributed by atoms with Crippen molar-refractivity contribution in [3.8, 4) is 11.5 Å². The number of methoxy groups -OCH3 is 1. The second-order valence-electron chi connectivity index (χ2n) is 6.07. The molecule has 1 aliphatic heterocycles. The molecular formula is C18H25NO7S. The third-order valence-corrected chi connectivity index (χ3v) is 5.04. The lowest BCUT2D eigenvalue weighted by Crippen LogP contribution is -2.33. The molecule has 9 heteroatoms. The average molecular weight is 399 g/mol. The van der Waals surface area contributed by atoms with Gasteiger partial charge in [-0.1, -0.05) is 0 Å². The Morgan fingerprint density at radius 1 is 1.15 bits per heavy atom. The Morgan fingerprint density at radius 2 is 1.81 bits per heavy atom. The summed E-state index contributed by atoms with van der Waals surface area (Å²) in [6.45, 7) is 4.30. The molecule has 0 saturated carbocycles. The van der Waals surface area contributed by atoms with Crippen LogP contribution in [0.5, 0.6) is 11.5 Å². The number of rotatable bonds is 12. The zero-order valence-corrected chi connectivity index (χ0v) is 16.3. The number of ether oxygens (including phenoxy) is 4. The summed E-state index contributed by atoms with van der Waals surface area (Å²) in [5.41, 5.74) is -0.515. The molecule has 0 fully saturated rings. The highest BCUT2D eigenvalue weighted by Crippen LogP contribution is 2.33. The first-order valence-corrected chi connectivity index (χ1v) is 9.51. The minimum absolute atomic E-state index is 0.0298. The fourth-order valence-corrected chi connectivity index (χ4v) is 3.38. The molecule has 27 heavy (non-hydrogen) atoms. The van der Waals surface area contributed by atoms with Crippen molar-refractivity contribution in [3.63, 3.8) is 0 Å². The van der Waals surface area contributed by atoms with Crippen molar-refractivity contribution < 1.29 is 34.0 Å². The van der Waals surface area contributed by atoms with Gasteiger partial charge in [-0.25, -0.2) is 4.79 Å². The van der Waals surface area contributed by atoms with E-state index in [1.807, 2.05) is 0 Å². The van der Waals surface area contributed by atoms with E-state index in [4.69, 9.17) is 18.9 Å². The first-order valence-electron chi connectivity index (χ1n) is 8.52. The zero-order chi connectivity index (χ0) is 19.7. The predicted octanol–water partition coefficient (Wildman–Crippen LogP) is 1.79. The molecule has 0 bridgehead atoms. The van der Waals surface area contributed by atoms with Crippen LogP contribution >= 0.6 is 11.8 Å². The van der Waals surface area contributed by atoms with Gasteiger partial charge in [0.2, 0.25) is 0 Å². The molecule has 0 radical (unpaired) electrons. The van der Waals surface area contributed by atoms with Gasteiger partial charge in [0.15, 0.2) is 5.54 Å². The van der Waals surface area contributed by atoms with E-state index in [1.54, 1.807) is 26.2 Å². The van der Waals surface area contributed by atoms with Crippen LogP contribution in [0.2, 0.25) is 0 Å². The highest BCUT2D eigenvalue weighted by molar-refractivity contribution is 8.14. The lowest BCUT2D eigenvalue weighted by Gasteiger charge is -2.12. The van der Waals surface area contributed by atoms with Gasteiger partial charge in [-0.15, -0.1) is 11.8 Å². The second kappa shape index (κ2) is 10.5. The number of nitrogens with zero attached hydrogens (tertiary/aromatic N) is 1. The molecule has 1 aromatic rings. The van der Waals surface area contributed by atoms with Crippen LogP contribution in [-0.2, 0) is 19.0 Å². The molecule has 0 aliphatic carbocycles. The standard InChI is InChI=1S/C18H25NO7S/c1-18(17(21)22)12-27-16(19-18)13-9-14(20)11-15(10-13)26-8-7-25-6-5-24-4-3-23-2/h9-11,20H,3-8,12H2,1-2H3,(H,21,22). The first-order chi connectivity index (χ1) is 12.9. The van der Waals surface area contributed by atoms with Crippen LogP contribution in [0, 0.1) is 0 Å². The number of thioether (sulfide) groups is 1. The lowest BCUT2D eigenvalue weighted by molar-refractivity contribution is -0.141. The molecule has 0 saturated heterocycles. The summed E-state index contributed by atoms with van der Waals surface area (Å²) in [6, 6.07) is 4.76. The zero-order valence-electron chi connectivity index (χ0n) is 15.5. The Labute approximate surface area is 162 Å². The summed E-state index contributed by atoms with van der Waals surface area (Å²) in [5, 5.41) is 19.8. The highest BCUT2D eigenvalue weighted by Gasteiger charge is 2.38. The number of carboxylic acids is 1. The summed E-state index contributed by atoms with van der Waals surface area (Å²) in [6.07, 6.45) is 0. The van der Waals surface area contributed by atoms with Crippen molar-refractivity contribution in [2.75, 3.05) is 52.5 Å². The van der Waals surface area contributed by atoms with Crippen LogP contribution in [0.3, 0.4) is 0 Å². The third kappa shape index (κ3) is 6.69. The van der Waals surface area contributed by atoms with Crippen molar-refractivity contribution in [2.45, 2.75) is 12.5 Å². The Hall–Kier alpha value is -1.81. The van der Waals surface area contributed by atoms with E-state index in [9.17, 15) is 15.0 Å². The Balaban J connectivity index is 1.81. The number of hydrogen-bond donors (Lipinski definition) is 2. The molecule has 1 unspecified atom stereocenters. The molecule has 1 aromatic carbocycles. The Kier molecular flexibility index (Phi) is 8.36. The van der Waals surface area contributed by atoms with E-state index >= 15 is 0 Å². The molecule has 150 valence electrons. The topological polar surface area (TPSA) is 107 Å². The maximum absolute atomic E-state index is 11.3. The highest BCUT2D eigenvalue weighted by atomic mass is 32.2. The number of phenols is 1. The average Bonchev–Trinajstić information content (AvgIpc) is 3.04. The van der Waals surface area contributed by atoms with Gasteiger partial charge in [0.25, 0.3) is 0 Å². The summed E-state index contributed by atoms with van der Waals surface area (Å²) in [4.78, 5) is 15.6. The normalized spacial score (nSPS) is 19.1. The number of aliphatic carboxylic acids is 1. The summed E-state index contributed by atoms with van der Waals surface area (Å²) < 4.78 is 21.2. The van der Waals surface area contributed by atoms with E-state index in [2.05, 4.69) is 4.99 Å². The van der Waals surface area contributed by atoms with Gasteiger partial charge in [-0.2, -0.15) is 0 Å².